The Balaban J connectivity index is 2.27. The maximum Gasteiger partial charge on any atom is 0.227 e. The molecule has 0 saturated carbocycles. The summed E-state index contributed by atoms with van der Waals surface area (Å²) in [4.78, 5) is 10.9. The summed E-state index contributed by atoms with van der Waals surface area (Å²) in [5.74, 6) is -0.213. The third-order valence-corrected chi connectivity index (χ3v) is 4.16. The number of carbonyl (C=O) groups excluding carboxylic acids is 1. The SMILES string of the molecule is Cc1cc2nnc(SCC(N)=O)n2c2ccc(Cl)cc12. The highest BCUT2D eigenvalue weighted by Crippen LogP contribution is 2.27. The molecule has 20 heavy (non-hydrogen) atoms. The van der Waals surface area contributed by atoms with Crippen molar-refractivity contribution in [1.82, 2.24) is 14.6 Å². The Bertz CT molecular complexity index is 830. The van der Waals surface area contributed by atoms with E-state index in [1.54, 1.807) is 0 Å². The van der Waals surface area contributed by atoms with Crippen LogP contribution in [0.5, 0.6) is 0 Å². The van der Waals surface area contributed by atoms with Gasteiger partial charge in [0.05, 0.1) is 11.3 Å². The van der Waals surface area contributed by atoms with Crippen molar-refractivity contribution in [3.8, 4) is 0 Å². The van der Waals surface area contributed by atoms with E-state index in [9.17, 15) is 4.79 Å². The fraction of sp³-hybridized carbons (Fsp3) is 0.154. The number of nitrogens with two attached hydrogens (primary N) is 1. The van der Waals surface area contributed by atoms with Gasteiger partial charge in [-0.05, 0) is 36.8 Å². The summed E-state index contributed by atoms with van der Waals surface area (Å²) in [7, 11) is 0. The molecule has 102 valence electrons. The minimum atomic E-state index is -0.383. The van der Waals surface area contributed by atoms with Gasteiger partial charge in [-0.1, -0.05) is 23.4 Å². The molecule has 0 aliphatic carbocycles. The van der Waals surface area contributed by atoms with E-state index in [1.807, 2.05) is 35.6 Å². The number of nitrogens with zero attached hydrogens (tertiary/aromatic N) is 3. The number of amides is 1. The zero-order valence-corrected chi connectivity index (χ0v) is 12.2. The molecule has 1 aromatic carbocycles. The van der Waals surface area contributed by atoms with Gasteiger partial charge in [-0.2, -0.15) is 0 Å². The summed E-state index contributed by atoms with van der Waals surface area (Å²) >= 11 is 7.32. The number of hydrogen-bond acceptors (Lipinski definition) is 4. The number of rotatable bonds is 3. The van der Waals surface area contributed by atoms with Crippen molar-refractivity contribution < 1.29 is 4.79 Å². The lowest BCUT2D eigenvalue weighted by Crippen LogP contribution is -2.13. The van der Waals surface area contributed by atoms with Gasteiger partial charge >= 0.3 is 0 Å². The van der Waals surface area contributed by atoms with Crippen LogP contribution in [0.2, 0.25) is 5.02 Å². The highest BCUT2D eigenvalue weighted by atomic mass is 35.5. The van der Waals surface area contributed by atoms with E-state index in [0.717, 1.165) is 22.1 Å². The van der Waals surface area contributed by atoms with Crippen molar-refractivity contribution in [2.24, 2.45) is 5.73 Å². The molecule has 0 atom stereocenters. The van der Waals surface area contributed by atoms with Gasteiger partial charge < -0.3 is 5.73 Å². The molecular weight excluding hydrogens is 296 g/mol. The van der Waals surface area contributed by atoms with E-state index in [4.69, 9.17) is 17.3 Å². The van der Waals surface area contributed by atoms with Crippen molar-refractivity contribution >= 4 is 45.8 Å². The Hall–Kier alpha value is -1.79. The molecule has 3 aromatic rings. The van der Waals surface area contributed by atoms with Gasteiger partial charge in [0, 0.05) is 10.4 Å². The molecule has 0 radical (unpaired) electrons. The number of benzene rings is 1. The zero-order valence-electron chi connectivity index (χ0n) is 10.6. The average molecular weight is 307 g/mol. The fourth-order valence-electron chi connectivity index (χ4n) is 2.12. The highest BCUT2D eigenvalue weighted by molar-refractivity contribution is 7.99. The van der Waals surface area contributed by atoms with E-state index in [2.05, 4.69) is 10.2 Å². The lowest BCUT2D eigenvalue weighted by molar-refractivity contribution is -0.115. The lowest BCUT2D eigenvalue weighted by atomic mass is 10.1. The normalized spacial score (nSPS) is 11.3. The third kappa shape index (κ3) is 2.21. The first kappa shape index (κ1) is 13.2. The molecule has 1 amide bonds. The van der Waals surface area contributed by atoms with E-state index < -0.39 is 0 Å². The Labute approximate surface area is 124 Å². The molecule has 7 heteroatoms. The van der Waals surface area contributed by atoms with E-state index >= 15 is 0 Å². The Morgan fingerprint density at radius 3 is 2.95 bits per heavy atom. The molecule has 2 heterocycles. The first-order valence-corrected chi connectivity index (χ1v) is 7.28. The van der Waals surface area contributed by atoms with Crippen LogP contribution in [0.25, 0.3) is 16.6 Å². The summed E-state index contributed by atoms with van der Waals surface area (Å²) in [5.41, 5.74) is 7.95. The summed E-state index contributed by atoms with van der Waals surface area (Å²) in [5, 5.41) is 10.6. The van der Waals surface area contributed by atoms with Crippen LogP contribution in [0.1, 0.15) is 5.56 Å². The summed E-state index contributed by atoms with van der Waals surface area (Å²) in [6.07, 6.45) is 0. The second kappa shape index (κ2) is 4.96. The molecule has 0 bridgehead atoms. The van der Waals surface area contributed by atoms with Gasteiger partial charge in [0.2, 0.25) is 5.91 Å². The van der Waals surface area contributed by atoms with Crippen molar-refractivity contribution in [3.63, 3.8) is 0 Å². The van der Waals surface area contributed by atoms with Gasteiger partial charge in [-0.15, -0.1) is 10.2 Å². The van der Waals surface area contributed by atoms with Gasteiger partial charge in [0.1, 0.15) is 0 Å². The second-order valence-corrected chi connectivity index (χ2v) is 5.80. The molecule has 0 unspecified atom stereocenters. The second-order valence-electron chi connectivity index (χ2n) is 4.42. The van der Waals surface area contributed by atoms with Crippen LogP contribution in [0.15, 0.2) is 29.4 Å². The number of thioether (sulfide) groups is 1. The van der Waals surface area contributed by atoms with Gasteiger partial charge in [-0.3, -0.25) is 9.20 Å². The van der Waals surface area contributed by atoms with Crippen LogP contribution in [0.3, 0.4) is 0 Å². The first-order chi connectivity index (χ1) is 9.56. The first-order valence-electron chi connectivity index (χ1n) is 5.91. The fourth-order valence-corrected chi connectivity index (χ4v) is 2.98. The molecule has 0 fully saturated rings. The van der Waals surface area contributed by atoms with Crippen LogP contribution in [-0.4, -0.2) is 26.3 Å². The Morgan fingerprint density at radius 1 is 1.40 bits per heavy atom. The molecular formula is C13H11ClN4OS. The van der Waals surface area contributed by atoms with Crippen molar-refractivity contribution in [3.05, 3.63) is 34.9 Å². The number of carbonyl (C=O) groups is 1. The number of aromatic nitrogens is 3. The van der Waals surface area contributed by atoms with E-state index in [-0.39, 0.29) is 11.7 Å². The van der Waals surface area contributed by atoms with Crippen LogP contribution in [0, 0.1) is 6.92 Å². The predicted octanol–water partition coefficient (Wildman–Crippen LogP) is 2.42. The number of primary amides is 1. The molecule has 0 aliphatic heterocycles. The minimum absolute atomic E-state index is 0.170. The molecule has 2 N–H and O–H groups in total. The summed E-state index contributed by atoms with van der Waals surface area (Å²) in [6.45, 7) is 2.00. The third-order valence-electron chi connectivity index (χ3n) is 2.97. The van der Waals surface area contributed by atoms with E-state index in [0.29, 0.717) is 10.2 Å². The number of aryl methyl sites for hydroxylation is 1. The number of halogens is 1. The Morgan fingerprint density at radius 2 is 2.20 bits per heavy atom. The lowest BCUT2D eigenvalue weighted by Gasteiger charge is -2.07. The number of hydrogen-bond donors (Lipinski definition) is 1. The smallest absolute Gasteiger partial charge is 0.227 e. The quantitative estimate of drug-likeness (QED) is 0.754. The minimum Gasteiger partial charge on any atom is -0.369 e. The standard InChI is InChI=1S/C13H11ClN4OS/c1-7-4-12-16-17-13(20-6-11(15)19)18(12)10-3-2-8(14)5-9(7)10/h2-5H,6H2,1H3,(H2,15,19). The van der Waals surface area contributed by atoms with Crippen LogP contribution in [0.4, 0.5) is 0 Å². The maximum atomic E-state index is 10.9. The van der Waals surface area contributed by atoms with Crippen molar-refractivity contribution in [2.75, 3.05) is 5.75 Å². The zero-order chi connectivity index (χ0) is 14.3. The molecule has 0 saturated heterocycles. The molecule has 0 aliphatic rings. The monoisotopic (exact) mass is 306 g/mol. The number of fused-ring (bicyclic) bond motifs is 3. The Kier molecular flexibility index (Phi) is 3.27. The van der Waals surface area contributed by atoms with Crippen LogP contribution in [-0.2, 0) is 4.79 Å². The average Bonchev–Trinajstić information content (AvgIpc) is 2.79. The molecule has 5 nitrogen and oxygen atoms in total. The number of pyridine rings is 1. The van der Waals surface area contributed by atoms with Gasteiger partial charge in [0.15, 0.2) is 10.8 Å². The van der Waals surface area contributed by atoms with Crippen molar-refractivity contribution in [2.45, 2.75) is 12.1 Å². The molecule has 2 aromatic heterocycles. The van der Waals surface area contributed by atoms with Crippen molar-refractivity contribution in [1.29, 1.82) is 0 Å². The summed E-state index contributed by atoms with van der Waals surface area (Å²) < 4.78 is 1.91. The van der Waals surface area contributed by atoms with E-state index in [1.165, 1.54) is 11.8 Å². The maximum absolute atomic E-state index is 10.9. The summed E-state index contributed by atoms with van der Waals surface area (Å²) in [6, 6.07) is 7.61. The van der Waals surface area contributed by atoms with Gasteiger partial charge in [0.25, 0.3) is 0 Å². The topological polar surface area (TPSA) is 73.3 Å². The predicted molar refractivity (Wildman–Crippen MR) is 80.2 cm³/mol. The van der Waals surface area contributed by atoms with Crippen LogP contribution >= 0.6 is 23.4 Å². The highest BCUT2D eigenvalue weighted by Gasteiger charge is 2.12. The largest absolute Gasteiger partial charge is 0.369 e. The van der Waals surface area contributed by atoms with Crippen LogP contribution < -0.4 is 5.73 Å². The molecule has 3 rings (SSSR count). The molecule has 0 spiro atoms. The van der Waals surface area contributed by atoms with Gasteiger partial charge in [-0.25, -0.2) is 0 Å².